The van der Waals surface area contributed by atoms with Crippen LogP contribution in [-0.2, 0) is 27.4 Å². The van der Waals surface area contributed by atoms with E-state index >= 15 is 0 Å². The van der Waals surface area contributed by atoms with Gasteiger partial charge in [-0.25, -0.2) is 14.8 Å². The van der Waals surface area contributed by atoms with E-state index in [9.17, 15) is 14.4 Å². The average Bonchev–Trinajstić information content (AvgIpc) is 3.53. The van der Waals surface area contributed by atoms with Crippen molar-refractivity contribution in [3.05, 3.63) is 95.7 Å². The number of carbonyl (C=O) groups is 3. The van der Waals surface area contributed by atoms with Gasteiger partial charge in [0.2, 0.25) is 5.91 Å². The molecule has 0 radical (unpaired) electrons. The second-order valence-electron chi connectivity index (χ2n) is 11.2. The number of benzene rings is 3. The third kappa shape index (κ3) is 5.42. The van der Waals surface area contributed by atoms with Crippen LogP contribution in [0.2, 0.25) is 0 Å². The van der Waals surface area contributed by atoms with Crippen molar-refractivity contribution < 1.29 is 19.1 Å². The van der Waals surface area contributed by atoms with E-state index in [1.165, 1.54) is 27.3 Å². The summed E-state index contributed by atoms with van der Waals surface area (Å²) in [5.74, 6) is 0.287. The van der Waals surface area contributed by atoms with E-state index in [-0.39, 0.29) is 24.2 Å². The number of hydrazine groups is 1. The SMILES string of the molecule is CN(Cc1cc2ccccc2n1CCC(=O)N1CCC(=O)CC1)N(C)C(=O)OCC1c2ccccc2-c2ccccc21. The molecule has 1 aromatic heterocycles. The van der Waals surface area contributed by atoms with Crippen LogP contribution < -0.4 is 0 Å². The van der Waals surface area contributed by atoms with Crippen molar-refractivity contribution >= 4 is 28.7 Å². The van der Waals surface area contributed by atoms with Crippen LogP contribution in [0.4, 0.5) is 4.79 Å². The number of aromatic nitrogens is 1. The number of carbonyl (C=O) groups excluding carboxylic acids is 3. The number of ether oxygens (including phenoxy) is 1. The van der Waals surface area contributed by atoms with Gasteiger partial charge >= 0.3 is 6.09 Å². The van der Waals surface area contributed by atoms with Crippen LogP contribution in [0.3, 0.4) is 0 Å². The third-order valence-electron chi connectivity index (χ3n) is 8.62. The first kappa shape index (κ1) is 27.7. The molecule has 4 aromatic rings. The molecule has 2 aliphatic rings. The molecule has 0 saturated carbocycles. The summed E-state index contributed by atoms with van der Waals surface area (Å²) in [5, 5.41) is 4.42. The number of piperidine rings is 1. The summed E-state index contributed by atoms with van der Waals surface area (Å²) < 4.78 is 8.02. The Balaban J connectivity index is 1.12. The van der Waals surface area contributed by atoms with Gasteiger partial charge in [0.1, 0.15) is 12.4 Å². The number of Topliss-reactive ketones (excluding diaryl/α,β-unsaturated/α-hetero) is 1. The lowest BCUT2D eigenvalue weighted by atomic mass is 9.98. The minimum Gasteiger partial charge on any atom is -0.447 e. The molecule has 8 nitrogen and oxygen atoms in total. The van der Waals surface area contributed by atoms with E-state index in [4.69, 9.17) is 4.74 Å². The summed E-state index contributed by atoms with van der Waals surface area (Å²) in [6.07, 6.45) is 0.815. The molecule has 2 heterocycles. The van der Waals surface area contributed by atoms with Gasteiger partial charge < -0.3 is 14.2 Å². The summed E-state index contributed by atoms with van der Waals surface area (Å²) in [6, 6.07) is 26.8. The highest BCUT2D eigenvalue weighted by molar-refractivity contribution is 5.84. The molecule has 216 valence electrons. The van der Waals surface area contributed by atoms with Gasteiger partial charge in [0.25, 0.3) is 0 Å². The van der Waals surface area contributed by atoms with E-state index in [2.05, 4.69) is 47.0 Å². The Labute approximate surface area is 246 Å². The number of hydrogen-bond donors (Lipinski definition) is 0. The first-order chi connectivity index (χ1) is 20.4. The predicted octanol–water partition coefficient (Wildman–Crippen LogP) is 5.45. The minimum absolute atomic E-state index is 0.00171. The Morgan fingerprint density at radius 3 is 2.19 bits per heavy atom. The maximum atomic E-state index is 13.2. The van der Waals surface area contributed by atoms with Crippen molar-refractivity contribution in [2.45, 2.75) is 38.3 Å². The zero-order valence-corrected chi connectivity index (χ0v) is 24.2. The Bertz CT molecular complexity index is 1590. The van der Waals surface area contributed by atoms with Crippen LogP contribution in [0.1, 0.15) is 42.0 Å². The number of nitrogens with zero attached hydrogens (tertiary/aromatic N) is 4. The normalized spacial score (nSPS) is 14.7. The van der Waals surface area contributed by atoms with Gasteiger partial charge in [0, 0.05) is 70.1 Å². The number of para-hydroxylation sites is 1. The fraction of sp³-hybridized carbons (Fsp3) is 0.324. The van der Waals surface area contributed by atoms with E-state index in [1.54, 1.807) is 11.9 Å². The molecule has 3 aromatic carbocycles. The van der Waals surface area contributed by atoms with Crippen LogP contribution in [-0.4, -0.2) is 71.1 Å². The molecule has 1 aliphatic heterocycles. The van der Waals surface area contributed by atoms with Crippen LogP contribution in [0.5, 0.6) is 0 Å². The largest absolute Gasteiger partial charge is 0.447 e. The van der Waals surface area contributed by atoms with Crippen molar-refractivity contribution in [2.75, 3.05) is 33.8 Å². The third-order valence-corrected chi connectivity index (χ3v) is 8.62. The van der Waals surface area contributed by atoms with Gasteiger partial charge in [-0.2, -0.15) is 0 Å². The first-order valence-electron chi connectivity index (χ1n) is 14.6. The van der Waals surface area contributed by atoms with Gasteiger partial charge in [-0.1, -0.05) is 66.7 Å². The number of rotatable bonds is 8. The van der Waals surface area contributed by atoms with Crippen molar-refractivity contribution in [1.29, 1.82) is 0 Å². The topological polar surface area (TPSA) is 75.1 Å². The second kappa shape index (κ2) is 11.8. The zero-order valence-electron chi connectivity index (χ0n) is 24.2. The van der Waals surface area contributed by atoms with Gasteiger partial charge in [-0.05, 0) is 39.8 Å². The molecule has 0 bridgehead atoms. The Hall–Kier alpha value is -4.43. The molecule has 1 saturated heterocycles. The molecule has 1 fully saturated rings. The maximum Gasteiger partial charge on any atom is 0.424 e. The van der Waals surface area contributed by atoms with Gasteiger partial charge in [0.05, 0.1) is 6.54 Å². The molecule has 6 rings (SSSR count). The Kier molecular flexibility index (Phi) is 7.80. The zero-order chi connectivity index (χ0) is 29.2. The maximum absolute atomic E-state index is 13.2. The standard InChI is InChI=1S/C34H36N4O4/c1-35(36(2)34(41)42-23-31-29-12-6-4-10-27(29)28-11-5-7-13-30(28)31)22-25-21-24-9-3-8-14-32(24)38(25)20-17-33(40)37-18-15-26(39)16-19-37/h3-14,21,31H,15-20,22-23H2,1-2H3. The molecular formula is C34H36N4O4. The molecule has 1 aliphatic carbocycles. The lowest BCUT2D eigenvalue weighted by molar-refractivity contribution is -0.134. The van der Waals surface area contributed by atoms with E-state index < -0.39 is 6.09 Å². The lowest BCUT2D eigenvalue weighted by Crippen LogP contribution is -2.42. The number of hydrogen-bond acceptors (Lipinski definition) is 5. The van der Waals surface area contributed by atoms with Crippen LogP contribution in [0.15, 0.2) is 78.9 Å². The molecule has 42 heavy (non-hydrogen) atoms. The second-order valence-corrected chi connectivity index (χ2v) is 11.2. The number of aryl methyl sites for hydroxylation is 1. The number of ketones is 1. The van der Waals surface area contributed by atoms with E-state index in [1.807, 2.05) is 48.5 Å². The Morgan fingerprint density at radius 1 is 0.881 bits per heavy atom. The van der Waals surface area contributed by atoms with Crippen molar-refractivity contribution in [1.82, 2.24) is 19.5 Å². The lowest BCUT2D eigenvalue weighted by Gasteiger charge is -2.29. The van der Waals surface area contributed by atoms with E-state index in [0.29, 0.717) is 45.4 Å². The van der Waals surface area contributed by atoms with Crippen molar-refractivity contribution in [2.24, 2.45) is 0 Å². The summed E-state index contributed by atoms with van der Waals surface area (Å²) in [5.41, 5.74) is 6.79. The molecule has 2 amide bonds. The van der Waals surface area contributed by atoms with Gasteiger partial charge in [-0.3, -0.25) is 9.59 Å². The smallest absolute Gasteiger partial charge is 0.424 e. The molecule has 0 spiro atoms. The minimum atomic E-state index is -0.420. The number of fused-ring (bicyclic) bond motifs is 4. The van der Waals surface area contributed by atoms with Crippen molar-refractivity contribution in [3.63, 3.8) is 0 Å². The molecule has 0 atom stereocenters. The molecular weight excluding hydrogens is 528 g/mol. The monoisotopic (exact) mass is 564 g/mol. The highest BCUT2D eigenvalue weighted by Gasteiger charge is 2.30. The quantitative estimate of drug-likeness (QED) is 0.266. The van der Waals surface area contributed by atoms with Gasteiger partial charge in [0.15, 0.2) is 0 Å². The highest BCUT2D eigenvalue weighted by Crippen LogP contribution is 2.44. The highest BCUT2D eigenvalue weighted by atomic mass is 16.6. The fourth-order valence-electron chi connectivity index (χ4n) is 6.20. The number of amides is 2. The summed E-state index contributed by atoms with van der Waals surface area (Å²) in [6.45, 7) is 2.25. The molecule has 8 heteroatoms. The predicted molar refractivity (Wildman–Crippen MR) is 162 cm³/mol. The van der Waals surface area contributed by atoms with Gasteiger partial charge in [-0.15, -0.1) is 0 Å². The van der Waals surface area contributed by atoms with Crippen LogP contribution >= 0.6 is 0 Å². The summed E-state index contributed by atoms with van der Waals surface area (Å²) in [4.78, 5) is 39.5. The average molecular weight is 565 g/mol. The summed E-state index contributed by atoms with van der Waals surface area (Å²) >= 11 is 0. The van der Waals surface area contributed by atoms with Crippen LogP contribution in [0.25, 0.3) is 22.0 Å². The molecule has 0 N–H and O–H groups in total. The van der Waals surface area contributed by atoms with E-state index in [0.717, 1.165) is 16.6 Å². The first-order valence-corrected chi connectivity index (χ1v) is 14.6. The summed E-state index contributed by atoms with van der Waals surface area (Å²) in [7, 11) is 3.58. The number of likely N-dealkylation sites (tertiary alicyclic amines) is 1. The fourth-order valence-corrected chi connectivity index (χ4v) is 6.20. The van der Waals surface area contributed by atoms with Crippen LogP contribution in [0, 0.1) is 0 Å². The van der Waals surface area contributed by atoms with Crippen molar-refractivity contribution in [3.8, 4) is 11.1 Å². The molecule has 0 unspecified atom stereocenters. The Morgan fingerprint density at radius 2 is 1.50 bits per heavy atom.